The zero-order valence-electron chi connectivity index (χ0n) is 11.0. The van der Waals surface area contributed by atoms with E-state index < -0.39 is 0 Å². The maximum absolute atomic E-state index is 10.7. The average Bonchev–Trinajstić information content (AvgIpc) is 2.48. The van der Waals surface area contributed by atoms with Crippen molar-refractivity contribution in [2.24, 2.45) is 0 Å². The molecule has 0 fully saturated rings. The van der Waals surface area contributed by atoms with Crippen LogP contribution in [0.3, 0.4) is 0 Å². The van der Waals surface area contributed by atoms with Crippen molar-refractivity contribution in [1.82, 2.24) is 5.32 Å². The summed E-state index contributed by atoms with van der Waals surface area (Å²) in [4.78, 5) is 10.3. The van der Waals surface area contributed by atoms with Crippen LogP contribution in [-0.2, 0) is 6.54 Å². The van der Waals surface area contributed by atoms with E-state index in [9.17, 15) is 10.1 Å². The van der Waals surface area contributed by atoms with E-state index in [1.165, 1.54) is 6.07 Å². The van der Waals surface area contributed by atoms with Crippen LogP contribution in [0.15, 0.2) is 60.7 Å². The molecule has 0 radical (unpaired) electrons. The minimum Gasteiger partial charge on any atom is -0.309 e. The SMILES string of the molecule is O=[N+]([O-])c1cccc(CNCC=Cc2ccccc2)c1. The number of non-ortho nitro benzene ring substituents is 1. The second-order valence-electron chi connectivity index (χ2n) is 4.37. The van der Waals surface area contributed by atoms with E-state index in [4.69, 9.17) is 0 Å². The largest absolute Gasteiger partial charge is 0.309 e. The molecular formula is C16H16N2O2. The van der Waals surface area contributed by atoms with Crippen molar-refractivity contribution >= 4 is 11.8 Å². The molecule has 0 aromatic heterocycles. The summed E-state index contributed by atoms with van der Waals surface area (Å²) in [6, 6.07) is 16.7. The third-order valence-corrected chi connectivity index (χ3v) is 2.82. The number of benzene rings is 2. The first kappa shape index (κ1) is 14.0. The summed E-state index contributed by atoms with van der Waals surface area (Å²) < 4.78 is 0. The third kappa shape index (κ3) is 4.33. The van der Waals surface area contributed by atoms with Crippen molar-refractivity contribution in [3.8, 4) is 0 Å². The summed E-state index contributed by atoms with van der Waals surface area (Å²) in [6.07, 6.45) is 4.08. The minimum absolute atomic E-state index is 0.129. The summed E-state index contributed by atoms with van der Waals surface area (Å²) in [6.45, 7) is 1.33. The van der Waals surface area contributed by atoms with E-state index in [-0.39, 0.29) is 10.6 Å². The first-order valence-corrected chi connectivity index (χ1v) is 6.41. The molecule has 2 aromatic carbocycles. The van der Waals surface area contributed by atoms with Crippen LogP contribution >= 0.6 is 0 Å². The van der Waals surface area contributed by atoms with Crippen LogP contribution in [0.4, 0.5) is 5.69 Å². The number of hydrogen-bond donors (Lipinski definition) is 1. The number of nitro groups is 1. The van der Waals surface area contributed by atoms with Crippen molar-refractivity contribution < 1.29 is 4.92 Å². The number of hydrogen-bond acceptors (Lipinski definition) is 3. The van der Waals surface area contributed by atoms with Gasteiger partial charge in [0.25, 0.3) is 5.69 Å². The highest BCUT2D eigenvalue weighted by Crippen LogP contribution is 2.12. The zero-order valence-corrected chi connectivity index (χ0v) is 11.0. The predicted octanol–water partition coefficient (Wildman–Crippen LogP) is 3.40. The van der Waals surface area contributed by atoms with Gasteiger partial charge in [-0.15, -0.1) is 0 Å². The molecule has 0 amide bonds. The molecule has 0 aliphatic heterocycles. The highest BCUT2D eigenvalue weighted by molar-refractivity contribution is 5.48. The zero-order chi connectivity index (χ0) is 14.2. The van der Waals surface area contributed by atoms with Gasteiger partial charge >= 0.3 is 0 Å². The molecule has 0 aliphatic carbocycles. The first-order valence-electron chi connectivity index (χ1n) is 6.41. The standard InChI is InChI=1S/C16H16N2O2/c19-18(20)16-10-4-8-15(12-16)13-17-11-5-9-14-6-2-1-3-7-14/h1-10,12,17H,11,13H2. The Labute approximate surface area is 117 Å². The average molecular weight is 268 g/mol. The van der Waals surface area contributed by atoms with Crippen LogP contribution in [0.1, 0.15) is 11.1 Å². The highest BCUT2D eigenvalue weighted by atomic mass is 16.6. The van der Waals surface area contributed by atoms with Crippen molar-refractivity contribution in [3.63, 3.8) is 0 Å². The molecule has 0 unspecified atom stereocenters. The lowest BCUT2D eigenvalue weighted by atomic mass is 10.2. The quantitative estimate of drug-likeness (QED) is 0.496. The molecule has 0 atom stereocenters. The van der Waals surface area contributed by atoms with Gasteiger partial charge in [0.05, 0.1) is 4.92 Å². The summed E-state index contributed by atoms with van der Waals surface area (Å²) in [5.41, 5.74) is 2.20. The van der Waals surface area contributed by atoms with Crippen molar-refractivity contribution in [3.05, 3.63) is 81.9 Å². The fourth-order valence-electron chi connectivity index (χ4n) is 1.84. The van der Waals surface area contributed by atoms with Gasteiger partial charge < -0.3 is 5.32 Å². The lowest BCUT2D eigenvalue weighted by molar-refractivity contribution is -0.384. The number of rotatable bonds is 6. The van der Waals surface area contributed by atoms with Crippen LogP contribution in [0.2, 0.25) is 0 Å². The second-order valence-corrected chi connectivity index (χ2v) is 4.37. The van der Waals surface area contributed by atoms with E-state index in [1.807, 2.05) is 48.6 Å². The Bertz CT molecular complexity index is 594. The molecule has 0 heterocycles. The Morgan fingerprint density at radius 2 is 1.90 bits per heavy atom. The molecule has 2 rings (SSSR count). The van der Waals surface area contributed by atoms with Gasteiger partial charge in [0.2, 0.25) is 0 Å². The van der Waals surface area contributed by atoms with Gasteiger partial charge in [0.15, 0.2) is 0 Å². The minimum atomic E-state index is -0.376. The predicted molar refractivity (Wildman–Crippen MR) is 80.3 cm³/mol. The highest BCUT2D eigenvalue weighted by Gasteiger charge is 2.04. The molecular weight excluding hydrogens is 252 g/mol. The number of nitrogens with zero attached hydrogens (tertiary/aromatic N) is 1. The Morgan fingerprint density at radius 1 is 1.10 bits per heavy atom. The molecule has 20 heavy (non-hydrogen) atoms. The number of nitrogens with one attached hydrogen (secondary N) is 1. The molecule has 0 spiro atoms. The Morgan fingerprint density at radius 3 is 2.65 bits per heavy atom. The topological polar surface area (TPSA) is 55.2 Å². The third-order valence-electron chi connectivity index (χ3n) is 2.82. The van der Waals surface area contributed by atoms with Crippen LogP contribution in [0.5, 0.6) is 0 Å². The van der Waals surface area contributed by atoms with E-state index in [0.717, 1.165) is 17.7 Å². The van der Waals surface area contributed by atoms with Crippen LogP contribution in [-0.4, -0.2) is 11.5 Å². The van der Waals surface area contributed by atoms with E-state index >= 15 is 0 Å². The molecule has 1 N–H and O–H groups in total. The Balaban J connectivity index is 1.80. The Kier molecular flexibility index (Phi) is 5.03. The molecule has 4 heteroatoms. The van der Waals surface area contributed by atoms with E-state index in [1.54, 1.807) is 12.1 Å². The molecule has 0 bridgehead atoms. The molecule has 2 aromatic rings. The summed E-state index contributed by atoms with van der Waals surface area (Å²) in [5, 5.41) is 13.9. The lowest BCUT2D eigenvalue weighted by Crippen LogP contribution is -2.12. The maximum atomic E-state index is 10.7. The summed E-state index contributed by atoms with van der Waals surface area (Å²) >= 11 is 0. The van der Waals surface area contributed by atoms with Gasteiger partial charge in [0.1, 0.15) is 0 Å². The normalized spacial score (nSPS) is 10.8. The molecule has 4 nitrogen and oxygen atoms in total. The summed E-state index contributed by atoms with van der Waals surface area (Å²) in [7, 11) is 0. The van der Waals surface area contributed by atoms with Gasteiger partial charge in [-0.1, -0.05) is 54.6 Å². The fourth-order valence-corrected chi connectivity index (χ4v) is 1.84. The molecule has 102 valence electrons. The summed E-state index contributed by atoms with van der Waals surface area (Å²) in [5.74, 6) is 0. The molecule has 0 saturated heterocycles. The fraction of sp³-hybridized carbons (Fsp3) is 0.125. The van der Waals surface area contributed by atoms with Crippen molar-refractivity contribution in [2.75, 3.05) is 6.54 Å². The van der Waals surface area contributed by atoms with Gasteiger partial charge in [-0.25, -0.2) is 0 Å². The number of nitro benzene ring substituents is 1. The lowest BCUT2D eigenvalue weighted by Gasteiger charge is -2.02. The maximum Gasteiger partial charge on any atom is 0.269 e. The molecule has 0 aliphatic rings. The smallest absolute Gasteiger partial charge is 0.269 e. The van der Waals surface area contributed by atoms with Gasteiger partial charge in [0, 0.05) is 25.2 Å². The van der Waals surface area contributed by atoms with Crippen molar-refractivity contribution in [1.29, 1.82) is 0 Å². The Hall–Kier alpha value is -2.46. The first-order chi connectivity index (χ1) is 9.75. The molecule has 0 saturated carbocycles. The van der Waals surface area contributed by atoms with E-state index in [2.05, 4.69) is 5.32 Å². The van der Waals surface area contributed by atoms with Gasteiger partial charge in [-0.05, 0) is 11.1 Å². The second kappa shape index (κ2) is 7.21. The van der Waals surface area contributed by atoms with E-state index in [0.29, 0.717) is 6.54 Å². The van der Waals surface area contributed by atoms with Crippen molar-refractivity contribution in [2.45, 2.75) is 6.54 Å². The monoisotopic (exact) mass is 268 g/mol. The van der Waals surface area contributed by atoms with Crippen LogP contribution in [0, 0.1) is 10.1 Å². The van der Waals surface area contributed by atoms with Crippen LogP contribution < -0.4 is 5.32 Å². The van der Waals surface area contributed by atoms with Gasteiger partial charge in [-0.3, -0.25) is 10.1 Å². The van der Waals surface area contributed by atoms with Gasteiger partial charge in [-0.2, -0.15) is 0 Å². The van der Waals surface area contributed by atoms with Crippen LogP contribution in [0.25, 0.3) is 6.08 Å².